The van der Waals surface area contributed by atoms with Crippen molar-refractivity contribution in [3.05, 3.63) is 0 Å². The van der Waals surface area contributed by atoms with Gasteiger partial charge in [-0.3, -0.25) is 14.5 Å². The molecule has 1 fully saturated rings. The molecule has 5 nitrogen and oxygen atoms in total. The Morgan fingerprint density at radius 2 is 2.00 bits per heavy atom. The quantitative estimate of drug-likeness (QED) is 0.513. The van der Waals surface area contributed by atoms with Crippen molar-refractivity contribution in [3.63, 3.8) is 0 Å². The SMILES string of the molecule is CCCNCC(O)CN1C(=O)CC(C)CC1=O. The number of likely N-dealkylation sites (tertiary alicyclic amines) is 1. The lowest BCUT2D eigenvalue weighted by Gasteiger charge is -2.29. The van der Waals surface area contributed by atoms with E-state index in [2.05, 4.69) is 5.32 Å². The Labute approximate surface area is 102 Å². The summed E-state index contributed by atoms with van der Waals surface area (Å²) in [5.74, 6) is -0.201. The van der Waals surface area contributed by atoms with Gasteiger partial charge in [-0.25, -0.2) is 0 Å². The van der Waals surface area contributed by atoms with Crippen LogP contribution in [0.2, 0.25) is 0 Å². The molecule has 0 aliphatic carbocycles. The molecule has 0 bridgehead atoms. The van der Waals surface area contributed by atoms with Gasteiger partial charge in [0, 0.05) is 19.4 Å². The smallest absolute Gasteiger partial charge is 0.229 e. The van der Waals surface area contributed by atoms with Crippen LogP contribution in [0.5, 0.6) is 0 Å². The molecule has 1 atom stereocenters. The molecule has 0 aromatic carbocycles. The minimum atomic E-state index is -0.678. The summed E-state index contributed by atoms with van der Waals surface area (Å²) in [5, 5.41) is 12.8. The van der Waals surface area contributed by atoms with E-state index in [0.29, 0.717) is 19.4 Å². The zero-order valence-electron chi connectivity index (χ0n) is 10.6. The molecule has 0 saturated carbocycles. The number of aliphatic hydroxyl groups is 1. The number of piperidine rings is 1. The Morgan fingerprint density at radius 3 is 2.53 bits per heavy atom. The lowest BCUT2D eigenvalue weighted by atomic mass is 9.97. The maximum atomic E-state index is 11.7. The summed E-state index contributed by atoms with van der Waals surface area (Å²) in [6.07, 6.45) is 1.12. The second-order valence-electron chi connectivity index (χ2n) is 4.77. The van der Waals surface area contributed by atoms with Crippen LogP contribution in [0.1, 0.15) is 33.1 Å². The average Bonchev–Trinajstić information content (AvgIpc) is 2.24. The number of β-amino-alcohol motifs (C(OH)–C–C–N with tert-alkyl or cyclic N) is 1. The molecule has 98 valence electrons. The highest BCUT2D eigenvalue weighted by molar-refractivity contribution is 5.97. The normalized spacial score (nSPS) is 19.8. The van der Waals surface area contributed by atoms with E-state index < -0.39 is 6.10 Å². The van der Waals surface area contributed by atoms with Crippen LogP contribution in [-0.2, 0) is 9.59 Å². The molecule has 17 heavy (non-hydrogen) atoms. The molecule has 0 spiro atoms. The van der Waals surface area contributed by atoms with Crippen LogP contribution in [0.25, 0.3) is 0 Å². The van der Waals surface area contributed by atoms with Gasteiger partial charge in [-0.15, -0.1) is 0 Å². The highest BCUT2D eigenvalue weighted by atomic mass is 16.3. The summed E-state index contributed by atoms with van der Waals surface area (Å²) in [7, 11) is 0. The summed E-state index contributed by atoms with van der Waals surface area (Å²) in [4.78, 5) is 24.5. The van der Waals surface area contributed by atoms with Crippen molar-refractivity contribution >= 4 is 11.8 Å². The van der Waals surface area contributed by atoms with Crippen LogP contribution in [0, 0.1) is 5.92 Å². The average molecular weight is 242 g/mol. The minimum Gasteiger partial charge on any atom is -0.390 e. The summed E-state index contributed by atoms with van der Waals surface area (Å²) in [5.41, 5.74) is 0. The number of hydrogen-bond donors (Lipinski definition) is 2. The Hall–Kier alpha value is -0.940. The fourth-order valence-electron chi connectivity index (χ4n) is 1.95. The second kappa shape index (κ2) is 6.71. The molecule has 0 aromatic heterocycles. The van der Waals surface area contributed by atoms with Crippen LogP contribution in [0.3, 0.4) is 0 Å². The zero-order valence-corrected chi connectivity index (χ0v) is 10.6. The van der Waals surface area contributed by atoms with Crippen molar-refractivity contribution in [2.75, 3.05) is 19.6 Å². The lowest BCUT2D eigenvalue weighted by Crippen LogP contribution is -2.48. The number of carbonyl (C=O) groups excluding carboxylic acids is 2. The number of nitrogens with zero attached hydrogens (tertiary/aromatic N) is 1. The van der Waals surface area contributed by atoms with E-state index in [-0.39, 0.29) is 24.3 Å². The van der Waals surface area contributed by atoms with Gasteiger partial charge in [-0.1, -0.05) is 13.8 Å². The lowest BCUT2D eigenvalue weighted by molar-refractivity contribution is -0.151. The second-order valence-corrected chi connectivity index (χ2v) is 4.77. The minimum absolute atomic E-state index is 0.112. The first kappa shape index (κ1) is 14.1. The fourth-order valence-corrected chi connectivity index (χ4v) is 1.95. The molecule has 1 aliphatic rings. The molecule has 1 saturated heterocycles. The fraction of sp³-hybridized carbons (Fsp3) is 0.833. The van der Waals surface area contributed by atoms with Crippen molar-refractivity contribution < 1.29 is 14.7 Å². The third-order valence-electron chi connectivity index (χ3n) is 2.85. The molecule has 1 rings (SSSR count). The van der Waals surface area contributed by atoms with E-state index in [1.54, 1.807) is 0 Å². The van der Waals surface area contributed by atoms with E-state index in [1.165, 1.54) is 4.90 Å². The van der Waals surface area contributed by atoms with Gasteiger partial charge in [-0.05, 0) is 18.9 Å². The van der Waals surface area contributed by atoms with E-state index in [9.17, 15) is 14.7 Å². The Bertz CT molecular complexity index is 263. The van der Waals surface area contributed by atoms with Gasteiger partial charge < -0.3 is 10.4 Å². The van der Waals surface area contributed by atoms with Crippen LogP contribution in [0.4, 0.5) is 0 Å². The molecule has 2 amide bonds. The molecular formula is C12H22N2O3. The highest BCUT2D eigenvalue weighted by Gasteiger charge is 2.31. The van der Waals surface area contributed by atoms with Crippen LogP contribution in [-0.4, -0.2) is 47.6 Å². The number of rotatable bonds is 6. The number of nitrogens with one attached hydrogen (secondary N) is 1. The van der Waals surface area contributed by atoms with Gasteiger partial charge >= 0.3 is 0 Å². The number of hydrogen-bond acceptors (Lipinski definition) is 4. The molecule has 2 N–H and O–H groups in total. The molecule has 0 radical (unpaired) electrons. The molecule has 1 unspecified atom stereocenters. The van der Waals surface area contributed by atoms with Gasteiger partial charge in [0.25, 0.3) is 0 Å². The van der Waals surface area contributed by atoms with Gasteiger partial charge in [0.2, 0.25) is 11.8 Å². The largest absolute Gasteiger partial charge is 0.390 e. The predicted octanol–water partition coefficient (Wildman–Crippen LogP) is 0.132. The molecule has 1 aliphatic heterocycles. The van der Waals surface area contributed by atoms with Gasteiger partial charge in [0.1, 0.15) is 0 Å². The molecular weight excluding hydrogens is 220 g/mol. The first-order chi connectivity index (χ1) is 8.04. The topological polar surface area (TPSA) is 69.6 Å². The summed E-state index contributed by atoms with van der Waals surface area (Å²) >= 11 is 0. The maximum Gasteiger partial charge on any atom is 0.229 e. The van der Waals surface area contributed by atoms with Gasteiger partial charge in [0.05, 0.1) is 12.6 Å². The molecule has 0 aromatic rings. The van der Waals surface area contributed by atoms with E-state index in [0.717, 1.165) is 13.0 Å². The third-order valence-corrected chi connectivity index (χ3v) is 2.85. The van der Waals surface area contributed by atoms with E-state index >= 15 is 0 Å². The Kier molecular flexibility index (Phi) is 5.58. The number of amides is 2. The Morgan fingerprint density at radius 1 is 1.41 bits per heavy atom. The van der Waals surface area contributed by atoms with Crippen molar-refractivity contribution in [3.8, 4) is 0 Å². The van der Waals surface area contributed by atoms with Crippen LogP contribution < -0.4 is 5.32 Å². The van der Waals surface area contributed by atoms with Crippen LogP contribution >= 0.6 is 0 Å². The van der Waals surface area contributed by atoms with Crippen molar-refractivity contribution in [2.24, 2.45) is 5.92 Å². The number of imide groups is 1. The first-order valence-electron chi connectivity index (χ1n) is 6.26. The summed E-state index contributed by atoms with van der Waals surface area (Å²) < 4.78 is 0. The summed E-state index contributed by atoms with van der Waals surface area (Å²) in [6.45, 7) is 5.29. The molecule has 1 heterocycles. The first-order valence-corrected chi connectivity index (χ1v) is 6.26. The number of carbonyl (C=O) groups is 2. The highest BCUT2D eigenvalue weighted by Crippen LogP contribution is 2.18. The number of aliphatic hydroxyl groups excluding tert-OH is 1. The standard InChI is InChI=1S/C12H22N2O3/c1-3-4-13-7-10(15)8-14-11(16)5-9(2)6-12(14)17/h9-10,13,15H,3-8H2,1-2H3. The van der Waals surface area contributed by atoms with Gasteiger partial charge in [0.15, 0.2) is 0 Å². The predicted molar refractivity (Wildman–Crippen MR) is 64.3 cm³/mol. The maximum absolute atomic E-state index is 11.7. The zero-order chi connectivity index (χ0) is 12.8. The van der Waals surface area contributed by atoms with Crippen molar-refractivity contribution in [1.29, 1.82) is 0 Å². The Balaban J connectivity index is 2.39. The van der Waals surface area contributed by atoms with Gasteiger partial charge in [-0.2, -0.15) is 0 Å². The monoisotopic (exact) mass is 242 g/mol. The third kappa shape index (κ3) is 4.44. The van der Waals surface area contributed by atoms with Crippen LogP contribution in [0.15, 0.2) is 0 Å². The molecule has 5 heteroatoms. The van der Waals surface area contributed by atoms with E-state index in [4.69, 9.17) is 0 Å². The van der Waals surface area contributed by atoms with Crippen molar-refractivity contribution in [2.45, 2.75) is 39.2 Å². The van der Waals surface area contributed by atoms with Crippen molar-refractivity contribution in [1.82, 2.24) is 10.2 Å². The van der Waals surface area contributed by atoms with E-state index in [1.807, 2.05) is 13.8 Å². The summed E-state index contributed by atoms with van der Waals surface area (Å²) in [6, 6.07) is 0.